The summed E-state index contributed by atoms with van der Waals surface area (Å²) in [6.07, 6.45) is 1.21. The molecule has 0 atom stereocenters. The third-order valence-electron chi connectivity index (χ3n) is 2.46. The molecule has 0 aliphatic heterocycles. The Morgan fingerprint density at radius 3 is 2.19 bits per heavy atom. The molecule has 0 aromatic heterocycles. The molecule has 0 unspecified atom stereocenters. The van der Waals surface area contributed by atoms with Gasteiger partial charge in [-0.1, -0.05) is 24.3 Å². The van der Waals surface area contributed by atoms with Crippen LogP contribution in [0, 0.1) is 0 Å². The van der Waals surface area contributed by atoms with Crippen LogP contribution < -0.4 is 4.74 Å². The molecule has 0 N–H and O–H groups in total. The van der Waals surface area contributed by atoms with Gasteiger partial charge in [0.25, 0.3) is 0 Å². The second kappa shape index (κ2) is 3.79. The van der Waals surface area contributed by atoms with Crippen LogP contribution in [0.4, 0.5) is 0 Å². The number of hydrogen-bond donors (Lipinski definition) is 0. The average Bonchev–Trinajstić information content (AvgIpc) is 2.26. The van der Waals surface area contributed by atoms with E-state index in [4.69, 9.17) is 4.74 Å². The zero-order valence-corrected chi connectivity index (χ0v) is 9.91. The van der Waals surface area contributed by atoms with E-state index in [1.54, 1.807) is 25.3 Å². The molecular weight excluding hydrogens is 224 g/mol. The van der Waals surface area contributed by atoms with Crippen molar-refractivity contribution in [3.8, 4) is 5.75 Å². The Labute approximate surface area is 94.6 Å². The van der Waals surface area contributed by atoms with Crippen molar-refractivity contribution >= 4 is 20.6 Å². The summed E-state index contributed by atoms with van der Waals surface area (Å²) >= 11 is 0. The molecule has 2 aromatic rings. The molecule has 84 valence electrons. The first-order valence-electron chi connectivity index (χ1n) is 4.80. The Hall–Kier alpha value is -1.55. The molecule has 0 fully saturated rings. The highest BCUT2D eigenvalue weighted by Gasteiger charge is 2.13. The highest BCUT2D eigenvalue weighted by Crippen LogP contribution is 2.30. The maximum Gasteiger partial charge on any atom is 0.176 e. The summed E-state index contributed by atoms with van der Waals surface area (Å²) in [4.78, 5) is 0.337. The van der Waals surface area contributed by atoms with Crippen LogP contribution in [-0.4, -0.2) is 21.8 Å². The minimum Gasteiger partial charge on any atom is -0.496 e. The van der Waals surface area contributed by atoms with Gasteiger partial charge in [-0.05, 0) is 12.1 Å². The van der Waals surface area contributed by atoms with Crippen molar-refractivity contribution in [2.75, 3.05) is 13.4 Å². The van der Waals surface area contributed by atoms with Gasteiger partial charge in [-0.25, -0.2) is 8.42 Å². The van der Waals surface area contributed by atoms with E-state index in [-0.39, 0.29) is 0 Å². The lowest BCUT2D eigenvalue weighted by molar-refractivity contribution is 0.419. The van der Waals surface area contributed by atoms with Gasteiger partial charge in [0.15, 0.2) is 9.84 Å². The predicted octanol–water partition coefficient (Wildman–Crippen LogP) is 2.25. The standard InChI is InChI=1S/C12H12O3S/c1-15-11-7-8-12(16(2,13)14)10-6-4-3-5-9(10)11/h3-8H,1-2H3. The van der Waals surface area contributed by atoms with E-state index in [9.17, 15) is 8.42 Å². The number of ether oxygens (including phenoxy) is 1. The van der Waals surface area contributed by atoms with Gasteiger partial charge in [0.05, 0.1) is 12.0 Å². The van der Waals surface area contributed by atoms with Gasteiger partial charge in [-0.2, -0.15) is 0 Å². The van der Waals surface area contributed by atoms with Crippen LogP contribution in [0.5, 0.6) is 5.75 Å². The van der Waals surface area contributed by atoms with Gasteiger partial charge in [0.2, 0.25) is 0 Å². The number of rotatable bonds is 2. The van der Waals surface area contributed by atoms with Crippen LogP contribution in [0.3, 0.4) is 0 Å². The van der Waals surface area contributed by atoms with E-state index in [0.717, 1.165) is 5.39 Å². The highest BCUT2D eigenvalue weighted by atomic mass is 32.2. The zero-order valence-electron chi connectivity index (χ0n) is 9.10. The topological polar surface area (TPSA) is 43.4 Å². The molecule has 0 spiro atoms. The molecule has 0 aliphatic rings. The van der Waals surface area contributed by atoms with E-state index >= 15 is 0 Å². The van der Waals surface area contributed by atoms with Gasteiger partial charge in [-0.3, -0.25) is 0 Å². The molecular formula is C12H12O3S. The summed E-state index contributed by atoms with van der Waals surface area (Å²) in [6.45, 7) is 0. The zero-order chi connectivity index (χ0) is 11.8. The molecule has 0 bridgehead atoms. The molecule has 0 saturated heterocycles. The van der Waals surface area contributed by atoms with Crippen molar-refractivity contribution in [2.24, 2.45) is 0 Å². The van der Waals surface area contributed by atoms with E-state index in [2.05, 4.69) is 0 Å². The normalized spacial score (nSPS) is 11.6. The van der Waals surface area contributed by atoms with Crippen molar-refractivity contribution in [3.63, 3.8) is 0 Å². The fraction of sp³-hybridized carbons (Fsp3) is 0.167. The molecule has 0 aliphatic carbocycles. The van der Waals surface area contributed by atoms with Gasteiger partial charge in [0.1, 0.15) is 5.75 Å². The van der Waals surface area contributed by atoms with Crippen molar-refractivity contribution in [3.05, 3.63) is 36.4 Å². The van der Waals surface area contributed by atoms with Crippen molar-refractivity contribution in [2.45, 2.75) is 4.90 Å². The molecule has 0 heterocycles. The van der Waals surface area contributed by atoms with Crippen LogP contribution >= 0.6 is 0 Å². The monoisotopic (exact) mass is 236 g/mol. The lowest BCUT2D eigenvalue weighted by Crippen LogP contribution is -1.98. The Kier molecular flexibility index (Phi) is 2.59. The summed E-state index contributed by atoms with van der Waals surface area (Å²) < 4.78 is 28.4. The predicted molar refractivity (Wildman–Crippen MR) is 63.6 cm³/mol. The maximum absolute atomic E-state index is 11.6. The maximum atomic E-state index is 11.6. The van der Waals surface area contributed by atoms with Gasteiger partial charge < -0.3 is 4.74 Å². The SMILES string of the molecule is COc1ccc(S(C)(=O)=O)c2ccccc12. The number of benzene rings is 2. The second-order valence-electron chi connectivity index (χ2n) is 3.58. The minimum atomic E-state index is -3.21. The smallest absolute Gasteiger partial charge is 0.176 e. The van der Waals surface area contributed by atoms with E-state index in [0.29, 0.717) is 16.0 Å². The van der Waals surface area contributed by atoms with Crippen LogP contribution in [0.25, 0.3) is 10.8 Å². The fourth-order valence-electron chi connectivity index (χ4n) is 1.75. The number of sulfone groups is 1. The second-order valence-corrected chi connectivity index (χ2v) is 5.57. The van der Waals surface area contributed by atoms with Gasteiger partial charge in [0, 0.05) is 17.0 Å². The lowest BCUT2D eigenvalue weighted by Gasteiger charge is -2.08. The molecule has 0 saturated carbocycles. The minimum absolute atomic E-state index is 0.337. The van der Waals surface area contributed by atoms with Crippen LogP contribution in [0.15, 0.2) is 41.3 Å². The average molecular weight is 236 g/mol. The Bertz CT molecular complexity index is 630. The summed E-state index contributed by atoms with van der Waals surface area (Å²) in [5.74, 6) is 0.683. The summed E-state index contributed by atoms with van der Waals surface area (Å²) in [6, 6.07) is 10.6. The Morgan fingerprint density at radius 1 is 1.00 bits per heavy atom. The first-order chi connectivity index (χ1) is 7.54. The van der Waals surface area contributed by atoms with E-state index in [1.165, 1.54) is 6.26 Å². The highest BCUT2D eigenvalue weighted by molar-refractivity contribution is 7.91. The van der Waals surface area contributed by atoms with Crippen molar-refractivity contribution < 1.29 is 13.2 Å². The molecule has 0 amide bonds. The Morgan fingerprint density at radius 2 is 1.62 bits per heavy atom. The summed E-state index contributed by atoms with van der Waals surface area (Å²) in [5, 5.41) is 1.51. The van der Waals surface area contributed by atoms with Crippen molar-refractivity contribution in [1.82, 2.24) is 0 Å². The summed E-state index contributed by atoms with van der Waals surface area (Å²) in [7, 11) is -1.64. The molecule has 2 aromatic carbocycles. The first kappa shape index (κ1) is 11.0. The fourth-order valence-corrected chi connectivity index (χ4v) is 2.64. The molecule has 16 heavy (non-hydrogen) atoms. The third kappa shape index (κ3) is 1.76. The molecule has 0 radical (unpaired) electrons. The van der Waals surface area contributed by atoms with Crippen LogP contribution in [-0.2, 0) is 9.84 Å². The van der Waals surface area contributed by atoms with Gasteiger partial charge >= 0.3 is 0 Å². The van der Waals surface area contributed by atoms with E-state index in [1.807, 2.05) is 18.2 Å². The van der Waals surface area contributed by atoms with Crippen LogP contribution in [0.1, 0.15) is 0 Å². The lowest BCUT2D eigenvalue weighted by atomic mass is 10.1. The molecule has 4 heteroatoms. The van der Waals surface area contributed by atoms with Crippen LogP contribution in [0.2, 0.25) is 0 Å². The first-order valence-corrected chi connectivity index (χ1v) is 6.69. The quantitative estimate of drug-likeness (QED) is 0.803. The number of hydrogen-bond acceptors (Lipinski definition) is 3. The number of methoxy groups -OCH3 is 1. The number of fused-ring (bicyclic) bond motifs is 1. The van der Waals surface area contributed by atoms with E-state index < -0.39 is 9.84 Å². The molecule has 3 nitrogen and oxygen atoms in total. The van der Waals surface area contributed by atoms with Gasteiger partial charge in [-0.15, -0.1) is 0 Å². The summed E-state index contributed by atoms with van der Waals surface area (Å²) in [5.41, 5.74) is 0. The van der Waals surface area contributed by atoms with Crippen molar-refractivity contribution in [1.29, 1.82) is 0 Å². The largest absolute Gasteiger partial charge is 0.496 e. The third-order valence-corrected chi connectivity index (χ3v) is 3.62. The molecule has 2 rings (SSSR count). The Balaban J connectivity index is 2.91.